The summed E-state index contributed by atoms with van der Waals surface area (Å²) in [5, 5.41) is 12.8. The highest BCUT2D eigenvalue weighted by Crippen LogP contribution is 2.30. The molecule has 4 nitrogen and oxygen atoms in total. The molecule has 0 aliphatic carbocycles. The van der Waals surface area contributed by atoms with Crippen molar-refractivity contribution in [2.24, 2.45) is 5.92 Å². The van der Waals surface area contributed by atoms with E-state index in [1.54, 1.807) is 0 Å². The van der Waals surface area contributed by atoms with Crippen molar-refractivity contribution in [1.82, 2.24) is 0 Å². The molecule has 174 valence electrons. The third-order valence-electron chi connectivity index (χ3n) is 5.25. The molecule has 30 heavy (non-hydrogen) atoms. The summed E-state index contributed by atoms with van der Waals surface area (Å²) in [6.07, 6.45) is 7.62. The molecule has 1 aromatic rings. The zero-order valence-corrected chi connectivity index (χ0v) is 17.8. The van der Waals surface area contributed by atoms with Crippen LogP contribution in [0.4, 0.5) is 27.6 Å². The van der Waals surface area contributed by atoms with Gasteiger partial charge in [0.05, 0.1) is 0 Å². The Morgan fingerprint density at radius 1 is 0.767 bits per heavy atom. The number of unbranched alkanes of at least 4 members (excludes halogenated alkanes) is 5. The van der Waals surface area contributed by atoms with E-state index < -0.39 is 46.7 Å². The first-order valence-corrected chi connectivity index (χ1v) is 10.3. The first-order chi connectivity index (χ1) is 14.2. The average molecular weight is 441 g/mol. The molecule has 0 heterocycles. The smallest absolute Gasteiger partial charge is 0.282 e. The predicted octanol–water partition coefficient (Wildman–Crippen LogP) is 5.88. The van der Waals surface area contributed by atoms with Gasteiger partial charge in [-0.15, -0.1) is 0 Å². The van der Waals surface area contributed by atoms with E-state index in [1.807, 2.05) is 0 Å². The van der Waals surface area contributed by atoms with Gasteiger partial charge < -0.3 is 19.9 Å². The van der Waals surface area contributed by atoms with Gasteiger partial charge in [-0.3, -0.25) is 0 Å². The zero-order valence-electron chi connectivity index (χ0n) is 17.8. The van der Waals surface area contributed by atoms with Gasteiger partial charge in [-0.2, -0.15) is 0 Å². The number of hydrogen-bond acceptors (Lipinski definition) is 4. The van der Waals surface area contributed by atoms with Crippen molar-refractivity contribution in [1.29, 1.82) is 0 Å². The lowest BCUT2D eigenvalue weighted by Crippen LogP contribution is -2.42. The summed E-state index contributed by atoms with van der Waals surface area (Å²) in [6, 6.07) is 0. The molecule has 0 bridgehead atoms. The Balaban J connectivity index is 2.65. The van der Waals surface area contributed by atoms with Crippen LogP contribution in [0, 0.1) is 35.0 Å². The molecular formula is C21H32F5NO3. The monoisotopic (exact) mass is 441 g/mol. The van der Waals surface area contributed by atoms with Crippen molar-refractivity contribution >= 4 is 5.69 Å². The minimum absolute atomic E-state index is 0.0607. The Labute approximate surface area is 174 Å². The highest BCUT2D eigenvalue weighted by molar-refractivity contribution is 5.47. The fourth-order valence-electron chi connectivity index (χ4n) is 3.42. The predicted molar refractivity (Wildman–Crippen MR) is 104 cm³/mol. The Hall–Kier alpha value is -1.45. The molecule has 0 spiro atoms. The summed E-state index contributed by atoms with van der Waals surface area (Å²) in [4.78, 5) is 0. The summed E-state index contributed by atoms with van der Waals surface area (Å²) in [7, 11) is 2.62. The van der Waals surface area contributed by atoms with Crippen LogP contribution in [0.5, 0.6) is 0 Å². The summed E-state index contributed by atoms with van der Waals surface area (Å²) in [6.45, 7) is 2.07. The number of rotatable bonds is 15. The first-order valence-electron chi connectivity index (χ1n) is 10.3. The zero-order chi connectivity index (χ0) is 22.7. The molecule has 9 heteroatoms. The number of hydrogen-bond donors (Lipinski definition) is 2. The average Bonchev–Trinajstić information content (AvgIpc) is 2.76. The van der Waals surface area contributed by atoms with Crippen LogP contribution in [0.1, 0.15) is 64.7 Å². The molecule has 0 aromatic heterocycles. The Morgan fingerprint density at radius 2 is 1.23 bits per heavy atom. The molecule has 1 aromatic carbocycles. The summed E-state index contributed by atoms with van der Waals surface area (Å²) >= 11 is 0. The Kier molecular flexibility index (Phi) is 11.6. The maximum atomic E-state index is 13.7. The van der Waals surface area contributed by atoms with Crippen LogP contribution < -0.4 is 5.32 Å². The van der Waals surface area contributed by atoms with Crippen LogP contribution in [-0.2, 0) is 9.47 Å². The second-order valence-electron chi connectivity index (χ2n) is 7.31. The maximum absolute atomic E-state index is 13.7. The third-order valence-corrected chi connectivity index (χ3v) is 5.25. The van der Waals surface area contributed by atoms with Gasteiger partial charge >= 0.3 is 0 Å². The van der Waals surface area contributed by atoms with Gasteiger partial charge in [0.25, 0.3) is 5.97 Å². The number of benzene rings is 1. The lowest BCUT2D eigenvalue weighted by atomic mass is 9.93. The van der Waals surface area contributed by atoms with E-state index in [9.17, 15) is 27.1 Å². The van der Waals surface area contributed by atoms with E-state index in [4.69, 9.17) is 9.47 Å². The van der Waals surface area contributed by atoms with E-state index in [1.165, 1.54) is 20.6 Å². The second kappa shape index (κ2) is 13.1. The SMILES string of the molecule is CCCCCCCCC(CCCNc1c(F)c(F)c(F)c(F)c1F)C(O)(OC)OC. The number of nitrogens with one attached hydrogen (secondary N) is 1. The second-order valence-corrected chi connectivity index (χ2v) is 7.31. The molecule has 0 radical (unpaired) electrons. The highest BCUT2D eigenvalue weighted by atomic mass is 19.2. The highest BCUT2D eigenvalue weighted by Gasteiger charge is 2.36. The van der Waals surface area contributed by atoms with E-state index in [0.29, 0.717) is 12.8 Å². The molecule has 0 saturated heterocycles. The van der Waals surface area contributed by atoms with E-state index in [-0.39, 0.29) is 13.0 Å². The maximum Gasteiger partial charge on any atom is 0.282 e. The molecule has 0 aliphatic rings. The Morgan fingerprint density at radius 3 is 1.77 bits per heavy atom. The van der Waals surface area contributed by atoms with Crippen LogP contribution >= 0.6 is 0 Å². The minimum Gasteiger partial charge on any atom is -0.380 e. The minimum atomic E-state index is -2.19. The quantitative estimate of drug-likeness (QED) is 0.117. The third kappa shape index (κ3) is 7.06. The molecule has 0 aliphatic heterocycles. The van der Waals surface area contributed by atoms with E-state index >= 15 is 0 Å². The van der Waals surface area contributed by atoms with Crippen LogP contribution in [0.2, 0.25) is 0 Å². The molecule has 2 N–H and O–H groups in total. The van der Waals surface area contributed by atoms with Gasteiger partial charge in [-0.05, 0) is 19.3 Å². The topological polar surface area (TPSA) is 50.7 Å². The fourth-order valence-corrected chi connectivity index (χ4v) is 3.42. The molecular weight excluding hydrogens is 409 g/mol. The summed E-state index contributed by atoms with van der Waals surface area (Å²) in [5.74, 6) is -12.2. The molecule has 1 unspecified atom stereocenters. The van der Waals surface area contributed by atoms with Crippen molar-refractivity contribution in [3.8, 4) is 0 Å². The first kappa shape index (κ1) is 26.6. The molecule has 0 amide bonds. The normalized spacial score (nSPS) is 13.0. The molecule has 0 saturated carbocycles. The van der Waals surface area contributed by atoms with Gasteiger partial charge in [0.2, 0.25) is 5.82 Å². The van der Waals surface area contributed by atoms with Crippen molar-refractivity contribution < 1.29 is 36.5 Å². The van der Waals surface area contributed by atoms with Crippen LogP contribution in [0.3, 0.4) is 0 Å². The van der Waals surface area contributed by atoms with Gasteiger partial charge in [-0.1, -0.05) is 45.4 Å². The number of methoxy groups -OCH3 is 2. The van der Waals surface area contributed by atoms with Crippen molar-refractivity contribution in [2.75, 3.05) is 26.1 Å². The van der Waals surface area contributed by atoms with Crippen LogP contribution in [0.15, 0.2) is 0 Å². The Bertz CT molecular complexity index is 627. The standard InChI is InChI=1S/C21H32F5NO3/c1-4-5-6-7-8-9-11-14(21(28,29-2)30-3)12-10-13-27-20-18(25)16(23)15(22)17(24)19(20)26/h14,27-28H,4-13H2,1-3H3. The number of anilines is 1. The number of halogens is 5. The largest absolute Gasteiger partial charge is 0.380 e. The van der Waals surface area contributed by atoms with Crippen molar-refractivity contribution in [3.05, 3.63) is 29.1 Å². The van der Waals surface area contributed by atoms with E-state index in [0.717, 1.165) is 32.1 Å². The summed E-state index contributed by atoms with van der Waals surface area (Å²) in [5.41, 5.74) is -1.06. The van der Waals surface area contributed by atoms with Gasteiger partial charge in [0.1, 0.15) is 5.69 Å². The van der Waals surface area contributed by atoms with Gasteiger partial charge in [0, 0.05) is 26.7 Å². The van der Waals surface area contributed by atoms with Crippen LogP contribution in [-0.4, -0.2) is 31.8 Å². The lowest BCUT2D eigenvalue weighted by molar-refractivity contribution is -0.369. The lowest BCUT2D eigenvalue weighted by Gasteiger charge is -2.33. The molecule has 0 fully saturated rings. The summed E-state index contributed by atoms with van der Waals surface area (Å²) < 4.78 is 77.3. The van der Waals surface area contributed by atoms with Crippen molar-refractivity contribution in [3.63, 3.8) is 0 Å². The number of ether oxygens (including phenoxy) is 2. The van der Waals surface area contributed by atoms with Crippen LogP contribution in [0.25, 0.3) is 0 Å². The fraction of sp³-hybridized carbons (Fsp3) is 0.714. The van der Waals surface area contributed by atoms with Crippen molar-refractivity contribution in [2.45, 2.75) is 70.7 Å². The van der Waals surface area contributed by atoms with E-state index in [2.05, 4.69) is 12.2 Å². The van der Waals surface area contributed by atoms with Gasteiger partial charge in [0.15, 0.2) is 23.3 Å². The number of aliphatic hydroxyl groups is 1. The molecule has 1 atom stereocenters. The molecule has 1 rings (SSSR count). The van der Waals surface area contributed by atoms with Gasteiger partial charge in [-0.25, -0.2) is 22.0 Å².